The largest absolute Gasteiger partial charge is 0.384 e. The van der Waals surface area contributed by atoms with Crippen molar-refractivity contribution in [2.24, 2.45) is 5.92 Å². The van der Waals surface area contributed by atoms with Gasteiger partial charge in [-0.2, -0.15) is 5.10 Å². The molecule has 4 nitrogen and oxygen atoms in total. The zero-order chi connectivity index (χ0) is 9.26. The Morgan fingerprint density at radius 2 is 2.62 bits per heavy atom. The number of nitrogens with two attached hydrogens (primary N) is 1. The number of aromatic nitrogens is 2. The van der Waals surface area contributed by atoms with E-state index in [1.165, 1.54) is 0 Å². The Hall–Kier alpha value is -1.03. The fraction of sp³-hybridized carbons (Fsp3) is 0.667. The lowest BCUT2D eigenvalue weighted by Crippen LogP contribution is -2.13. The summed E-state index contributed by atoms with van der Waals surface area (Å²) < 4.78 is 7.16. The summed E-state index contributed by atoms with van der Waals surface area (Å²) >= 11 is 0. The van der Waals surface area contributed by atoms with Gasteiger partial charge in [0.25, 0.3) is 0 Å². The van der Waals surface area contributed by atoms with Crippen molar-refractivity contribution in [1.82, 2.24) is 9.78 Å². The first-order valence-corrected chi connectivity index (χ1v) is 4.63. The fourth-order valence-electron chi connectivity index (χ4n) is 1.68. The highest BCUT2D eigenvalue weighted by molar-refractivity contribution is 5.30. The van der Waals surface area contributed by atoms with Crippen LogP contribution in [0.1, 0.15) is 12.1 Å². The maximum atomic E-state index is 5.78. The van der Waals surface area contributed by atoms with Crippen LogP contribution in [0.15, 0.2) is 6.07 Å². The van der Waals surface area contributed by atoms with Crippen LogP contribution in [0.2, 0.25) is 0 Å². The first kappa shape index (κ1) is 8.56. The molecule has 13 heavy (non-hydrogen) atoms. The van der Waals surface area contributed by atoms with Gasteiger partial charge in [-0.25, -0.2) is 4.68 Å². The molecule has 1 fully saturated rings. The van der Waals surface area contributed by atoms with Gasteiger partial charge in [0.2, 0.25) is 0 Å². The summed E-state index contributed by atoms with van der Waals surface area (Å²) in [6.07, 6.45) is 1.12. The summed E-state index contributed by atoms with van der Waals surface area (Å²) in [5, 5.41) is 4.31. The van der Waals surface area contributed by atoms with Crippen molar-refractivity contribution in [3.05, 3.63) is 11.8 Å². The van der Waals surface area contributed by atoms with Gasteiger partial charge in [-0.05, 0) is 13.3 Å². The normalized spacial score (nSPS) is 22.4. The molecule has 0 amide bonds. The van der Waals surface area contributed by atoms with Gasteiger partial charge in [-0.1, -0.05) is 0 Å². The SMILES string of the molecule is Cc1cc(N)n(CC2CCOC2)n1. The molecule has 1 aliphatic heterocycles. The van der Waals surface area contributed by atoms with Gasteiger partial charge in [0.15, 0.2) is 0 Å². The predicted octanol–water partition coefficient (Wildman–Crippen LogP) is 0.810. The highest BCUT2D eigenvalue weighted by Crippen LogP contribution is 2.16. The summed E-state index contributed by atoms with van der Waals surface area (Å²) in [4.78, 5) is 0. The monoisotopic (exact) mass is 181 g/mol. The standard InChI is InChI=1S/C9H15N3O/c1-7-4-9(10)12(11-7)5-8-2-3-13-6-8/h4,8H,2-3,5-6,10H2,1H3. The van der Waals surface area contributed by atoms with Gasteiger partial charge in [-0.3, -0.25) is 0 Å². The van der Waals surface area contributed by atoms with Gasteiger partial charge in [0.1, 0.15) is 5.82 Å². The Bertz CT molecular complexity index is 289. The number of ether oxygens (including phenoxy) is 1. The molecule has 1 aromatic heterocycles. The number of nitrogen functional groups attached to an aromatic ring is 1. The fourth-order valence-corrected chi connectivity index (χ4v) is 1.68. The molecule has 0 radical (unpaired) electrons. The zero-order valence-electron chi connectivity index (χ0n) is 7.86. The second-order valence-electron chi connectivity index (χ2n) is 3.62. The summed E-state index contributed by atoms with van der Waals surface area (Å²) in [6, 6.07) is 1.90. The van der Waals surface area contributed by atoms with E-state index in [2.05, 4.69) is 5.10 Å². The van der Waals surface area contributed by atoms with E-state index in [1.807, 2.05) is 17.7 Å². The maximum absolute atomic E-state index is 5.78. The third kappa shape index (κ3) is 1.83. The highest BCUT2D eigenvalue weighted by atomic mass is 16.5. The molecule has 72 valence electrons. The van der Waals surface area contributed by atoms with Crippen LogP contribution in [0, 0.1) is 12.8 Å². The second-order valence-corrected chi connectivity index (χ2v) is 3.62. The Balaban J connectivity index is 2.03. The molecule has 2 heterocycles. The highest BCUT2D eigenvalue weighted by Gasteiger charge is 2.17. The van der Waals surface area contributed by atoms with Crippen molar-refractivity contribution in [3.8, 4) is 0 Å². The van der Waals surface area contributed by atoms with Gasteiger partial charge in [-0.15, -0.1) is 0 Å². The zero-order valence-corrected chi connectivity index (χ0v) is 7.86. The molecular formula is C9H15N3O. The van der Waals surface area contributed by atoms with Crippen LogP contribution in [-0.4, -0.2) is 23.0 Å². The van der Waals surface area contributed by atoms with E-state index in [-0.39, 0.29) is 0 Å². The van der Waals surface area contributed by atoms with E-state index in [0.717, 1.165) is 37.7 Å². The van der Waals surface area contributed by atoms with Crippen LogP contribution in [0.4, 0.5) is 5.82 Å². The van der Waals surface area contributed by atoms with Gasteiger partial charge < -0.3 is 10.5 Å². The molecule has 0 spiro atoms. The van der Waals surface area contributed by atoms with Crippen molar-refractivity contribution in [3.63, 3.8) is 0 Å². The molecular weight excluding hydrogens is 166 g/mol. The molecule has 1 aromatic rings. The van der Waals surface area contributed by atoms with Crippen LogP contribution >= 0.6 is 0 Å². The van der Waals surface area contributed by atoms with E-state index < -0.39 is 0 Å². The van der Waals surface area contributed by atoms with Gasteiger partial charge in [0.05, 0.1) is 12.3 Å². The maximum Gasteiger partial charge on any atom is 0.121 e. The van der Waals surface area contributed by atoms with Gasteiger partial charge >= 0.3 is 0 Å². The third-order valence-electron chi connectivity index (χ3n) is 2.39. The van der Waals surface area contributed by atoms with E-state index in [1.54, 1.807) is 0 Å². The summed E-state index contributed by atoms with van der Waals surface area (Å²) in [5.74, 6) is 1.34. The molecule has 1 saturated heterocycles. The first-order chi connectivity index (χ1) is 6.25. The molecule has 4 heteroatoms. The van der Waals surface area contributed by atoms with E-state index in [4.69, 9.17) is 10.5 Å². The number of rotatable bonds is 2. The topological polar surface area (TPSA) is 53.1 Å². The van der Waals surface area contributed by atoms with Gasteiger partial charge in [0, 0.05) is 25.1 Å². The van der Waals surface area contributed by atoms with Crippen LogP contribution < -0.4 is 5.73 Å². The number of anilines is 1. The molecule has 1 aliphatic rings. The first-order valence-electron chi connectivity index (χ1n) is 4.63. The molecule has 1 atom stereocenters. The Morgan fingerprint density at radius 1 is 1.77 bits per heavy atom. The van der Waals surface area contributed by atoms with Crippen molar-refractivity contribution < 1.29 is 4.74 Å². The van der Waals surface area contributed by atoms with Crippen LogP contribution in [0.25, 0.3) is 0 Å². The lowest BCUT2D eigenvalue weighted by molar-refractivity contribution is 0.181. The smallest absolute Gasteiger partial charge is 0.121 e. The van der Waals surface area contributed by atoms with E-state index in [9.17, 15) is 0 Å². The number of hydrogen-bond donors (Lipinski definition) is 1. The number of aryl methyl sites for hydroxylation is 1. The lowest BCUT2D eigenvalue weighted by atomic mass is 10.1. The molecule has 2 N–H and O–H groups in total. The van der Waals surface area contributed by atoms with Crippen molar-refractivity contribution in [2.45, 2.75) is 19.9 Å². The predicted molar refractivity (Wildman–Crippen MR) is 50.3 cm³/mol. The van der Waals surface area contributed by atoms with Crippen LogP contribution in [0.5, 0.6) is 0 Å². The van der Waals surface area contributed by atoms with Crippen LogP contribution in [-0.2, 0) is 11.3 Å². The van der Waals surface area contributed by atoms with E-state index >= 15 is 0 Å². The summed E-state index contributed by atoms with van der Waals surface area (Å²) in [7, 11) is 0. The third-order valence-corrected chi connectivity index (χ3v) is 2.39. The molecule has 0 aromatic carbocycles. The van der Waals surface area contributed by atoms with Crippen molar-refractivity contribution >= 4 is 5.82 Å². The molecule has 0 bridgehead atoms. The molecule has 0 saturated carbocycles. The van der Waals surface area contributed by atoms with Crippen LogP contribution in [0.3, 0.4) is 0 Å². The average Bonchev–Trinajstić information content (AvgIpc) is 2.63. The average molecular weight is 181 g/mol. The Kier molecular flexibility index (Phi) is 2.22. The summed E-state index contributed by atoms with van der Waals surface area (Å²) in [6.45, 7) is 4.57. The summed E-state index contributed by atoms with van der Waals surface area (Å²) in [5.41, 5.74) is 6.76. The minimum Gasteiger partial charge on any atom is -0.384 e. The minimum atomic E-state index is 0.585. The minimum absolute atomic E-state index is 0.585. The molecule has 2 rings (SSSR count). The Morgan fingerprint density at radius 3 is 3.15 bits per heavy atom. The number of hydrogen-bond acceptors (Lipinski definition) is 3. The van der Waals surface area contributed by atoms with E-state index in [0.29, 0.717) is 5.92 Å². The second kappa shape index (κ2) is 3.38. The lowest BCUT2D eigenvalue weighted by Gasteiger charge is -2.08. The molecule has 0 aliphatic carbocycles. The van der Waals surface area contributed by atoms with Crippen molar-refractivity contribution in [2.75, 3.05) is 18.9 Å². The quantitative estimate of drug-likeness (QED) is 0.734. The number of nitrogens with zero attached hydrogens (tertiary/aromatic N) is 2. The molecule has 1 unspecified atom stereocenters. The Labute approximate surface area is 77.7 Å². The van der Waals surface area contributed by atoms with Crippen molar-refractivity contribution in [1.29, 1.82) is 0 Å².